The fraction of sp³-hybridized carbons (Fsp3) is 0.409. The summed E-state index contributed by atoms with van der Waals surface area (Å²) in [7, 11) is 3.40. The van der Waals surface area contributed by atoms with Crippen LogP contribution < -0.4 is 5.63 Å². The fourth-order valence-corrected chi connectivity index (χ4v) is 3.51. The molecular formula is C22H27N3O4. The van der Waals surface area contributed by atoms with Crippen molar-refractivity contribution >= 4 is 11.9 Å². The van der Waals surface area contributed by atoms with E-state index in [1.165, 1.54) is 4.90 Å². The van der Waals surface area contributed by atoms with Gasteiger partial charge >= 0.3 is 11.7 Å². The van der Waals surface area contributed by atoms with Gasteiger partial charge in [0.2, 0.25) is 0 Å². The van der Waals surface area contributed by atoms with E-state index in [1.54, 1.807) is 36.9 Å². The van der Waals surface area contributed by atoms with Crippen LogP contribution in [0.2, 0.25) is 0 Å². The number of rotatable bonds is 4. The molecule has 1 aromatic carbocycles. The van der Waals surface area contributed by atoms with Crippen molar-refractivity contribution in [3.63, 3.8) is 0 Å². The van der Waals surface area contributed by atoms with Gasteiger partial charge in [-0.2, -0.15) is 0 Å². The van der Waals surface area contributed by atoms with E-state index < -0.39 is 5.63 Å². The highest BCUT2D eigenvalue weighted by atomic mass is 16.4. The van der Waals surface area contributed by atoms with Crippen LogP contribution in [0.15, 0.2) is 45.6 Å². The molecule has 0 saturated carbocycles. The summed E-state index contributed by atoms with van der Waals surface area (Å²) in [5.74, 6) is 0.247. The normalized spacial score (nSPS) is 14.0. The van der Waals surface area contributed by atoms with E-state index in [-0.39, 0.29) is 17.5 Å². The van der Waals surface area contributed by atoms with Crippen molar-refractivity contribution in [2.24, 2.45) is 0 Å². The number of aryl methyl sites for hydroxylation is 3. The molecule has 7 heteroatoms. The van der Waals surface area contributed by atoms with Crippen molar-refractivity contribution in [2.45, 2.75) is 19.8 Å². The topological polar surface area (TPSA) is 74.1 Å². The van der Waals surface area contributed by atoms with Crippen LogP contribution in [0.25, 0.3) is 0 Å². The Bertz CT molecular complexity index is 929. The van der Waals surface area contributed by atoms with Crippen molar-refractivity contribution in [2.75, 3.05) is 40.3 Å². The quantitative estimate of drug-likeness (QED) is 0.793. The molecule has 1 saturated heterocycles. The van der Waals surface area contributed by atoms with E-state index in [2.05, 4.69) is 0 Å². The SMILES string of the molecule is Cc1cc(CCc2ccccc2)oc(=O)c1C(=O)N1CCN(C(=O)N(C)C)CC1. The largest absolute Gasteiger partial charge is 0.427 e. The lowest BCUT2D eigenvalue weighted by Gasteiger charge is -2.35. The number of carbonyl (C=O) groups is 2. The van der Waals surface area contributed by atoms with Crippen molar-refractivity contribution < 1.29 is 14.0 Å². The number of carbonyl (C=O) groups excluding carboxylic acids is 2. The number of nitrogens with zero attached hydrogens (tertiary/aromatic N) is 3. The van der Waals surface area contributed by atoms with Gasteiger partial charge in [0.05, 0.1) is 0 Å². The minimum atomic E-state index is -0.593. The predicted octanol–water partition coefficient (Wildman–Crippen LogP) is 2.17. The second-order valence-electron chi connectivity index (χ2n) is 7.50. The van der Waals surface area contributed by atoms with Crippen LogP contribution in [-0.4, -0.2) is 66.9 Å². The summed E-state index contributed by atoms with van der Waals surface area (Å²) in [6.45, 7) is 3.45. The van der Waals surface area contributed by atoms with Crippen LogP contribution in [0, 0.1) is 6.92 Å². The van der Waals surface area contributed by atoms with Gasteiger partial charge in [-0.3, -0.25) is 4.79 Å². The zero-order chi connectivity index (χ0) is 21.0. The molecule has 0 bridgehead atoms. The summed E-state index contributed by atoms with van der Waals surface area (Å²) >= 11 is 0. The number of hydrogen-bond donors (Lipinski definition) is 0. The molecule has 0 spiro atoms. The Morgan fingerprint density at radius 3 is 2.21 bits per heavy atom. The van der Waals surface area contributed by atoms with E-state index in [0.29, 0.717) is 43.9 Å². The fourth-order valence-electron chi connectivity index (χ4n) is 3.51. The van der Waals surface area contributed by atoms with Crippen molar-refractivity contribution in [3.8, 4) is 0 Å². The van der Waals surface area contributed by atoms with E-state index in [1.807, 2.05) is 30.3 Å². The first-order chi connectivity index (χ1) is 13.9. The molecule has 3 amide bonds. The van der Waals surface area contributed by atoms with Gasteiger partial charge in [0.25, 0.3) is 5.91 Å². The zero-order valence-corrected chi connectivity index (χ0v) is 17.2. The van der Waals surface area contributed by atoms with E-state index in [9.17, 15) is 14.4 Å². The lowest BCUT2D eigenvalue weighted by molar-refractivity contribution is 0.0644. The minimum Gasteiger partial charge on any atom is -0.427 e. The third kappa shape index (κ3) is 4.85. The lowest BCUT2D eigenvalue weighted by atomic mass is 10.1. The van der Waals surface area contributed by atoms with Crippen LogP contribution >= 0.6 is 0 Å². The summed E-state index contributed by atoms with van der Waals surface area (Å²) in [5.41, 5.74) is 1.28. The standard InChI is InChI=1S/C22H27N3O4/c1-16-15-18(10-9-17-7-5-4-6-8-17)29-21(27)19(16)20(26)24-11-13-25(14-12-24)22(28)23(2)3/h4-8,15H,9-14H2,1-3H3. The molecule has 0 atom stereocenters. The summed E-state index contributed by atoms with van der Waals surface area (Å²) in [4.78, 5) is 42.3. The maximum absolute atomic E-state index is 12.9. The van der Waals surface area contributed by atoms with Gasteiger partial charge in [-0.25, -0.2) is 9.59 Å². The summed E-state index contributed by atoms with van der Waals surface area (Å²) in [5, 5.41) is 0. The number of urea groups is 1. The average Bonchev–Trinajstić information content (AvgIpc) is 2.72. The summed E-state index contributed by atoms with van der Waals surface area (Å²) in [6.07, 6.45) is 1.36. The Morgan fingerprint density at radius 1 is 1.00 bits per heavy atom. The van der Waals surface area contributed by atoms with Gasteiger partial charge in [0.15, 0.2) is 0 Å². The van der Waals surface area contributed by atoms with Crippen LogP contribution in [0.1, 0.15) is 27.2 Å². The Morgan fingerprint density at radius 2 is 1.62 bits per heavy atom. The van der Waals surface area contributed by atoms with Crippen molar-refractivity contribution in [3.05, 3.63) is 69.3 Å². The number of piperazine rings is 1. The molecule has 0 radical (unpaired) electrons. The molecule has 0 aliphatic carbocycles. The highest BCUT2D eigenvalue weighted by molar-refractivity contribution is 5.95. The van der Waals surface area contributed by atoms with Crippen LogP contribution in [0.3, 0.4) is 0 Å². The maximum Gasteiger partial charge on any atom is 0.349 e. The molecule has 1 aromatic heterocycles. The predicted molar refractivity (Wildman–Crippen MR) is 110 cm³/mol. The van der Waals surface area contributed by atoms with E-state index >= 15 is 0 Å². The summed E-state index contributed by atoms with van der Waals surface area (Å²) < 4.78 is 5.44. The molecular weight excluding hydrogens is 370 g/mol. The van der Waals surface area contributed by atoms with Gasteiger partial charge in [-0.15, -0.1) is 0 Å². The smallest absolute Gasteiger partial charge is 0.349 e. The molecule has 0 unspecified atom stereocenters. The van der Waals surface area contributed by atoms with Crippen LogP contribution in [-0.2, 0) is 12.8 Å². The molecule has 3 rings (SSSR count). The molecule has 2 aromatic rings. The molecule has 7 nitrogen and oxygen atoms in total. The number of hydrogen-bond acceptors (Lipinski definition) is 4. The molecule has 154 valence electrons. The first-order valence-electron chi connectivity index (χ1n) is 9.80. The summed E-state index contributed by atoms with van der Waals surface area (Å²) in [6, 6.07) is 11.7. The molecule has 1 aliphatic rings. The van der Waals surface area contributed by atoms with Gasteiger partial charge in [-0.1, -0.05) is 30.3 Å². The molecule has 1 aliphatic heterocycles. The van der Waals surface area contributed by atoms with Gasteiger partial charge in [-0.05, 0) is 30.5 Å². The second kappa shape index (κ2) is 8.94. The second-order valence-corrected chi connectivity index (χ2v) is 7.50. The van der Waals surface area contributed by atoms with Crippen molar-refractivity contribution in [1.29, 1.82) is 0 Å². The molecule has 1 fully saturated rings. The Balaban J connectivity index is 1.67. The minimum absolute atomic E-state index is 0.0736. The number of amides is 3. The Labute approximate surface area is 170 Å². The van der Waals surface area contributed by atoms with Crippen molar-refractivity contribution in [1.82, 2.24) is 14.7 Å². The number of benzene rings is 1. The Kier molecular flexibility index (Phi) is 6.36. The van der Waals surface area contributed by atoms with E-state index in [0.717, 1.165) is 12.0 Å². The van der Waals surface area contributed by atoms with Crippen LogP contribution in [0.4, 0.5) is 4.79 Å². The van der Waals surface area contributed by atoms with Gasteiger partial charge < -0.3 is 19.1 Å². The molecule has 0 N–H and O–H groups in total. The van der Waals surface area contributed by atoms with E-state index in [4.69, 9.17) is 4.42 Å². The monoisotopic (exact) mass is 397 g/mol. The first-order valence-corrected chi connectivity index (χ1v) is 9.80. The first kappa shape index (κ1) is 20.6. The average molecular weight is 397 g/mol. The third-order valence-electron chi connectivity index (χ3n) is 5.14. The molecule has 29 heavy (non-hydrogen) atoms. The zero-order valence-electron chi connectivity index (χ0n) is 17.2. The van der Waals surface area contributed by atoms with Gasteiger partial charge in [0.1, 0.15) is 11.3 Å². The van der Waals surface area contributed by atoms with Gasteiger partial charge in [0, 0.05) is 46.7 Å². The lowest BCUT2D eigenvalue weighted by Crippen LogP contribution is -2.53. The highest BCUT2D eigenvalue weighted by Crippen LogP contribution is 2.14. The van der Waals surface area contributed by atoms with Crippen LogP contribution in [0.5, 0.6) is 0 Å². The third-order valence-corrected chi connectivity index (χ3v) is 5.14. The highest BCUT2D eigenvalue weighted by Gasteiger charge is 2.28. The maximum atomic E-state index is 12.9. The molecule has 2 heterocycles. The Hall–Kier alpha value is -3.09.